The predicted molar refractivity (Wildman–Crippen MR) is 80.1 cm³/mol. The summed E-state index contributed by atoms with van der Waals surface area (Å²) in [4.78, 5) is 6.80. The van der Waals surface area contributed by atoms with Crippen molar-refractivity contribution in [2.24, 2.45) is 0 Å². The van der Waals surface area contributed by atoms with Crippen molar-refractivity contribution < 1.29 is 4.39 Å². The summed E-state index contributed by atoms with van der Waals surface area (Å²) in [5, 5.41) is 3.30. The first-order chi connectivity index (χ1) is 9.74. The highest BCUT2D eigenvalue weighted by molar-refractivity contribution is 5.09. The third-order valence-corrected chi connectivity index (χ3v) is 4.38. The van der Waals surface area contributed by atoms with Crippen LogP contribution in [0.1, 0.15) is 50.8 Å². The number of pyridine rings is 1. The molecule has 1 aliphatic heterocycles. The molecule has 1 aliphatic rings. The van der Waals surface area contributed by atoms with Gasteiger partial charge in [0.25, 0.3) is 0 Å². The highest BCUT2D eigenvalue weighted by Crippen LogP contribution is 2.22. The second-order valence-electron chi connectivity index (χ2n) is 5.63. The maximum Gasteiger partial charge on any atom is 0.141 e. The van der Waals surface area contributed by atoms with Crippen LogP contribution in [0.25, 0.3) is 0 Å². The third kappa shape index (κ3) is 4.00. The summed E-state index contributed by atoms with van der Waals surface area (Å²) >= 11 is 0. The summed E-state index contributed by atoms with van der Waals surface area (Å²) in [7, 11) is 1.95. The lowest BCUT2D eigenvalue weighted by atomic mass is 9.99. The summed E-state index contributed by atoms with van der Waals surface area (Å²) in [6.45, 7) is 4.58. The molecule has 0 aliphatic carbocycles. The number of likely N-dealkylation sites (tertiary alicyclic amines) is 1. The highest BCUT2D eigenvalue weighted by atomic mass is 19.1. The summed E-state index contributed by atoms with van der Waals surface area (Å²) < 4.78 is 12.9. The van der Waals surface area contributed by atoms with E-state index in [-0.39, 0.29) is 11.9 Å². The van der Waals surface area contributed by atoms with Crippen LogP contribution in [0.2, 0.25) is 0 Å². The van der Waals surface area contributed by atoms with Crippen LogP contribution in [-0.2, 0) is 0 Å². The van der Waals surface area contributed by atoms with Gasteiger partial charge in [0.2, 0.25) is 0 Å². The Kier molecular flexibility index (Phi) is 5.92. The Morgan fingerprint density at radius 2 is 2.30 bits per heavy atom. The lowest BCUT2D eigenvalue weighted by Crippen LogP contribution is -2.40. The second kappa shape index (κ2) is 7.70. The molecule has 3 nitrogen and oxygen atoms in total. The number of hydrogen-bond donors (Lipinski definition) is 1. The van der Waals surface area contributed by atoms with Gasteiger partial charge in [-0.15, -0.1) is 0 Å². The summed E-state index contributed by atoms with van der Waals surface area (Å²) in [5.41, 5.74) is 0.930. The molecule has 4 heteroatoms. The fraction of sp³-hybridized carbons (Fsp3) is 0.688. The molecular weight excluding hydrogens is 253 g/mol. The van der Waals surface area contributed by atoms with Crippen LogP contribution < -0.4 is 5.32 Å². The quantitative estimate of drug-likeness (QED) is 0.867. The van der Waals surface area contributed by atoms with E-state index in [2.05, 4.69) is 22.1 Å². The Labute approximate surface area is 121 Å². The molecule has 0 spiro atoms. The van der Waals surface area contributed by atoms with Crippen molar-refractivity contribution in [3.05, 3.63) is 29.8 Å². The summed E-state index contributed by atoms with van der Waals surface area (Å²) in [6, 6.07) is 4.21. The number of halogens is 1. The van der Waals surface area contributed by atoms with Crippen LogP contribution in [0.3, 0.4) is 0 Å². The van der Waals surface area contributed by atoms with Gasteiger partial charge < -0.3 is 10.2 Å². The molecule has 1 aromatic rings. The van der Waals surface area contributed by atoms with Crippen LogP contribution in [0.5, 0.6) is 0 Å². The molecule has 1 fully saturated rings. The van der Waals surface area contributed by atoms with Crippen LogP contribution >= 0.6 is 0 Å². The zero-order valence-corrected chi connectivity index (χ0v) is 12.6. The van der Waals surface area contributed by atoms with E-state index in [1.807, 2.05) is 7.05 Å². The average Bonchev–Trinajstić information content (AvgIpc) is 2.50. The molecule has 0 bridgehead atoms. The Morgan fingerprint density at radius 1 is 1.45 bits per heavy atom. The molecule has 0 amide bonds. The Morgan fingerprint density at radius 3 is 2.95 bits per heavy atom. The van der Waals surface area contributed by atoms with Crippen molar-refractivity contribution in [2.45, 2.75) is 51.1 Å². The van der Waals surface area contributed by atoms with E-state index in [4.69, 9.17) is 0 Å². The molecule has 1 saturated heterocycles. The molecule has 2 atom stereocenters. The van der Waals surface area contributed by atoms with Crippen molar-refractivity contribution in [1.82, 2.24) is 15.2 Å². The Balaban J connectivity index is 1.91. The normalized spacial score (nSPS) is 21.9. The first-order valence-electron chi connectivity index (χ1n) is 7.77. The fourth-order valence-electron chi connectivity index (χ4n) is 3.15. The number of piperidine rings is 1. The van der Waals surface area contributed by atoms with Gasteiger partial charge in [-0.2, -0.15) is 0 Å². The molecule has 20 heavy (non-hydrogen) atoms. The zero-order valence-electron chi connectivity index (χ0n) is 12.6. The fourth-order valence-corrected chi connectivity index (χ4v) is 3.15. The van der Waals surface area contributed by atoms with Crippen molar-refractivity contribution in [1.29, 1.82) is 0 Å². The minimum absolute atomic E-state index is 0.204. The third-order valence-electron chi connectivity index (χ3n) is 4.38. The van der Waals surface area contributed by atoms with Crippen molar-refractivity contribution in [2.75, 3.05) is 20.1 Å². The van der Waals surface area contributed by atoms with Crippen LogP contribution in [0, 0.1) is 5.82 Å². The molecule has 2 heterocycles. The average molecular weight is 279 g/mol. The van der Waals surface area contributed by atoms with Gasteiger partial charge in [0, 0.05) is 12.6 Å². The second-order valence-corrected chi connectivity index (χ2v) is 5.63. The van der Waals surface area contributed by atoms with Crippen molar-refractivity contribution in [3.8, 4) is 0 Å². The van der Waals surface area contributed by atoms with Gasteiger partial charge in [0.1, 0.15) is 5.82 Å². The van der Waals surface area contributed by atoms with E-state index < -0.39 is 0 Å². The number of rotatable bonds is 6. The maximum atomic E-state index is 12.9. The van der Waals surface area contributed by atoms with E-state index in [0.29, 0.717) is 0 Å². The standard InChI is InChI=1S/C16H26FN3/c1-3-14-6-4-5-10-20(14)11-9-15(18-2)16-8-7-13(17)12-19-16/h7-8,12,14-15,18H,3-6,9-11H2,1-2H3. The van der Waals surface area contributed by atoms with Gasteiger partial charge in [-0.25, -0.2) is 4.39 Å². The molecule has 112 valence electrons. The lowest BCUT2D eigenvalue weighted by molar-refractivity contribution is 0.137. The first kappa shape index (κ1) is 15.4. The van der Waals surface area contributed by atoms with Crippen molar-refractivity contribution >= 4 is 0 Å². The zero-order chi connectivity index (χ0) is 14.4. The van der Waals surface area contributed by atoms with Gasteiger partial charge >= 0.3 is 0 Å². The molecular formula is C16H26FN3. The van der Waals surface area contributed by atoms with Gasteiger partial charge in [0.05, 0.1) is 17.9 Å². The molecule has 1 N–H and O–H groups in total. The predicted octanol–water partition coefficient (Wildman–Crippen LogP) is 3.14. The van der Waals surface area contributed by atoms with Gasteiger partial charge in [-0.1, -0.05) is 13.3 Å². The molecule has 0 saturated carbocycles. The lowest BCUT2D eigenvalue weighted by Gasteiger charge is -2.36. The van der Waals surface area contributed by atoms with Crippen LogP contribution in [-0.4, -0.2) is 36.1 Å². The largest absolute Gasteiger partial charge is 0.312 e. The van der Waals surface area contributed by atoms with E-state index >= 15 is 0 Å². The molecule has 0 radical (unpaired) electrons. The van der Waals surface area contributed by atoms with Crippen LogP contribution in [0.4, 0.5) is 4.39 Å². The van der Waals surface area contributed by atoms with E-state index in [0.717, 1.165) is 24.7 Å². The number of aromatic nitrogens is 1. The smallest absolute Gasteiger partial charge is 0.141 e. The van der Waals surface area contributed by atoms with Gasteiger partial charge in [-0.3, -0.25) is 4.98 Å². The van der Waals surface area contributed by atoms with E-state index in [1.54, 1.807) is 6.07 Å². The highest BCUT2D eigenvalue weighted by Gasteiger charge is 2.21. The SMILES string of the molecule is CCC1CCCCN1CCC(NC)c1ccc(F)cn1. The summed E-state index contributed by atoms with van der Waals surface area (Å²) in [5.74, 6) is -0.273. The van der Waals surface area contributed by atoms with Gasteiger partial charge in [-0.05, 0) is 51.4 Å². The Hall–Kier alpha value is -1.00. The monoisotopic (exact) mass is 279 g/mol. The number of nitrogens with one attached hydrogen (secondary N) is 1. The maximum absolute atomic E-state index is 12.9. The minimum Gasteiger partial charge on any atom is -0.312 e. The van der Waals surface area contributed by atoms with Crippen LogP contribution in [0.15, 0.2) is 18.3 Å². The molecule has 1 aromatic heterocycles. The topological polar surface area (TPSA) is 28.2 Å². The molecule has 0 aromatic carbocycles. The van der Waals surface area contributed by atoms with Gasteiger partial charge in [0.15, 0.2) is 0 Å². The van der Waals surface area contributed by atoms with E-state index in [1.165, 1.54) is 44.5 Å². The van der Waals surface area contributed by atoms with E-state index in [9.17, 15) is 4.39 Å². The summed E-state index contributed by atoms with van der Waals surface area (Å²) in [6.07, 6.45) is 7.56. The first-order valence-corrected chi connectivity index (χ1v) is 7.77. The minimum atomic E-state index is -0.273. The number of nitrogens with zero attached hydrogens (tertiary/aromatic N) is 2. The number of hydrogen-bond acceptors (Lipinski definition) is 3. The molecule has 2 unspecified atom stereocenters. The van der Waals surface area contributed by atoms with Crippen molar-refractivity contribution in [3.63, 3.8) is 0 Å². The molecule has 2 rings (SSSR count). The Bertz CT molecular complexity index is 393.